The Kier molecular flexibility index (Phi) is 3.96. The molecule has 0 aliphatic heterocycles. The first-order valence-electron chi connectivity index (χ1n) is 6.11. The number of hydrogen-bond acceptors (Lipinski definition) is 3. The molecular weight excluding hydrogens is 278 g/mol. The van der Waals surface area contributed by atoms with Gasteiger partial charge in [0.2, 0.25) is 0 Å². The number of anilines is 1. The highest BCUT2D eigenvalue weighted by Crippen LogP contribution is 2.31. The molecule has 0 fully saturated rings. The smallest absolute Gasteiger partial charge is 0.265 e. The number of sulfonamides is 1. The third kappa shape index (κ3) is 2.53. The summed E-state index contributed by atoms with van der Waals surface area (Å²) in [7, 11) is -3.45. The van der Waals surface area contributed by atoms with Crippen LogP contribution in [0.4, 0.5) is 5.69 Å². The summed E-state index contributed by atoms with van der Waals surface area (Å²) in [6, 6.07) is 9.23. The van der Waals surface area contributed by atoms with Gasteiger partial charge in [-0.3, -0.25) is 4.31 Å². The van der Waals surface area contributed by atoms with Gasteiger partial charge in [0.25, 0.3) is 10.0 Å². The molecule has 0 spiro atoms. The van der Waals surface area contributed by atoms with Crippen molar-refractivity contribution in [2.75, 3.05) is 10.8 Å². The summed E-state index contributed by atoms with van der Waals surface area (Å²) in [6.45, 7) is 6.16. The summed E-state index contributed by atoms with van der Waals surface area (Å²) >= 11 is 1.25. The second-order valence-corrected chi connectivity index (χ2v) is 7.38. The highest BCUT2D eigenvalue weighted by atomic mass is 32.2. The maximum absolute atomic E-state index is 12.7. The largest absolute Gasteiger partial charge is 0.273 e. The zero-order valence-corrected chi connectivity index (χ0v) is 12.9. The fourth-order valence-electron chi connectivity index (χ4n) is 2.17. The summed E-state index contributed by atoms with van der Waals surface area (Å²) in [4.78, 5) is 0. The van der Waals surface area contributed by atoms with Crippen molar-refractivity contribution in [1.29, 1.82) is 0 Å². The zero-order chi connectivity index (χ0) is 14.0. The maximum Gasteiger partial charge on any atom is 0.273 e. The average Bonchev–Trinajstić information content (AvgIpc) is 2.88. The van der Waals surface area contributed by atoms with Crippen LogP contribution in [-0.4, -0.2) is 15.0 Å². The molecule has 0 aliphatic rings. The second kappa shape index (κ2) is 5.35. The van der Waals surface area contributed by atoms with Crippen LogP contribution in [0, 0.1) is 13.8 Å². The molecular formula is C14H17NO2S2. The summed E-state index contributed by atoms with van der Waals surface area (Å²) in [5, 5.41) is 1.78. The van der Waals surface area contributed by atoms with Crippen LogP contribution in [0.25, 0.3) is 0 Å². The third-order valence-electron chi connectivity index (χ3n) is 3.02. The lowest BCUT2D eigenvalue weighted by Crippen LogP contribution is -2.31. The van der Waals surface area contributed by atoms with Gasteiger partial charge in [0.05, 0.1) is 5.69 Å². The van der Waals surface area contributed by atoms with E-state index in [1.807, 2.05) is 39.0 Å². The fourth-order valence-corrected chi connectivity index (χ4v) is 4.87. The minimum atomic E-state index is -3.45. The molecule has 19 heavy (non-hydrogen) atoms. The molecule has 1 heterocycles. The molecule has 0 bridgehead atoms. The van der Waals surface area contributed by atoms with E-state index in [0.29, 0.717) is 10.8 Å². The number of nitrogens with zero attached hydrogens (tertiary/aromatic N) is 1. The van der Waals surface area contributed by atoms with Crippen molar-refractivity contribution in [1.82, 2.24) is 0 Å². The molecule has 0 saturated heterocycles. The minimum absolute atomic E-state index is 0.386. The summed E-state index contributed by atoms with van der Waals surface area (Å²) < 4.78 is 27.2. The van der Waals surface area contributed by atoms with E-state index in [2.05, 4.69) is 0 Å². The number of para-hydroxylation sites is 1. The molecule has 0 aliphatic carbocycles. The first-order valence-corrected chi connectivity index (χ1v) is 8.43. The van der Waals surface area contributed by atoms with Gasteiger partial charge in [0.15, 0.2) is 0 Å². The average molecular weight is 295 g/mol. The minimum Gasteiger partial charge on any atom is -0.265 e. The first kappa shape index (κ1) is 14.1. The molecule has 0 radical (unpaired) electrons. The molecule has 0 atom stereocenters. The van der Waals surface area contributed by atoms with Gasteiger partial charge in [-0.2, -0.15) is 0 Å². The van der Waals surface area contributed by atoms with E-state index in [4.69, 9.17) is 0 Å². The third-order valence-corrected chi connectivity index (χ3v) is 6.26. The molecule has 0 saturated carbocycles. The van der Waals surface area contributed by atoms with Gasteiger partial charge in [-0.05, 0) is 43.3 Å². The number of rotatable bonds is 4. The van der Waals surface area contributed by atoms with E-state index < -0.39 is 10.0 Å². The van der Waals surface area contributed by atoms with E-state index >= 15 is 0 Å². The second-order valence-electron chi connectivity index (χ2n) is 4.34. The van der Waals surface area contributed by atoms with Crippen LogP contribution in [-0.2, 0) is 10.0 Å². The van der Waals surface area contributed by atoms with Crippen LogP contribution < -0.4 is 4.31 Å². The molecule has 0 amide bonds. The highest BCUT2D eigenvalue weighted by molar-refractivity contribution is 7.94. The van der Waals surface area contributed by atoms with E-state index in [1.165, 1.54) is 15.6 Å². The zero-order valence-electron chi connectivity index (χ0n) is 11.3. The Labute approximate surface area is 118 Å². The Bertz CT molecular complexity index is 641. The van der Waals surface area contributed by atoms with Gasteiger partial charge in [0.1, 0.15) is 4.21 Å². The lowest BCUT2D eigenvalue weighted by atomic mass is 10.1. The van der Waals surface area contributed by atoms with Gasteiger partial charge in [-0.25, -0.2) is 8.42 Å². The van der Waals surface area contributed by atoms with Crippen molar-refractivity contribution in [3.63, 3.8) is 0 Å². The van der Waals surface area contributed by atoms with Gasteiger partial charge in [0, 0.05) is 6.54 Å². The maximum atomic E-state index is 12.7. The molecule has 2 aromatic rings. The molecule has 1 aromatic carbocycles. The number of thiophene rings is 1. The molecule has 3 nitrogen and oxygen atoms in total. The van der Waals surface area contributed by atoms with Crippen LogP contribution in [0.1, 0.15) is 18.1 Å². The summed E-state index contributed by atoms with van der Waals surface area (Å²) in [5.41, 5.74) is 2.74. The summed E-state index contributed by atoms with van der Waals surface area (Å²) in [5.74, 6) is 0. The molecule has 0 N–H and O–H groups in total. The Morgan fingerprint density at radius 2 is 1.74 bits per heavy atom. The van der Waals surface area contributed by atoms with E-state index in [9.17, 15) is 8.42 Å². The van der Waals surface area contributed by atoms with Crippen LogP contribution in [0.3, 0.4) is 0 Å². The molecule has 5 heteroatoms. The van der Waals surface area contributed by atoms with Crippen molar-refractivity contribution >= 4 is 27.0 Å². The number of benzene rings is 1. The summed E-state index contributed by atoms with van der Waals surface area (Å²) in [6.07, 6.45) is 0. The Balaban J connectivity index is 2.58. The van der Waals surface area contributed by atoms with Crippen molar-refractivity contribution < 1.29 is 8.42 Å². The monoisotopic (exact) mass is 295 g/mol. The Morgan fingerprint density at radius 1 is 1.11 bits per heavy atom. The number of hydrogen-bond donors (Lipinski definition) is 0. The predicted molar refractivity (Wildman–Crippen MR) is 80.4 cm³/mol. The van der Waals surface area contributed by atoms with E-state index in [0.717, 1.165) is 16.8 Å². The lowest BCUT2D eigenvalue weighted by Gasteiger charge is -2.25. The predicted octanol–water partition coefficient (Wildman–Crippen LogP) is 3.58. The van der Waals surface area contributed by atoms with Crippen LogP contribution in [0.15, 0.2) is 39.9 Å². The standard InChI is InChI=1S/C14H17NO2S2/c1-4-15(14-11(2)7-5-8-12(14)3)19(16,17)13-9-6-10-18-13/h5-10H,4H2,1-3H3. The van der Waals surface area contributed by atoms with Crippen LogP contribution in [0.2, 0.25) is 0 Å². The van der Waals surface area contributed by atoms with E-state index in [-0.39, 0.29) is 0 Å². The van der Waals surface area contributed by atoms with Gasteiger partial charge >= 0.3 is 0 Å². The quantitative estimate of drug-likeness (QED) is 0.864. The highest BCUT2D eigenvalue weighted by Gasteiger charge is 2.26. The van der Waals surface area contributed by atoms with Crippen molar-refractivity contribution in [3.8, 4) is 0 Å². The number of aryl methyl sites for hydroxylation is 2. The first-order chi connectivity index (χ1) is 8.98. The van der Waals surface area contributed by atoms with Crippen molar-refractivity contribution in [2.24, 2.45) is 0 Å². The fraction of sp³-hybridized carbons (Fsp3) is 0.286. The van der Waals surface area contributed by atoms with Crippen molar-refractivity contribution in [3.05, 3.63) is 46.8 Å². The van der Waals surface area contributed by atoms with Crippen LogP contribution >= 0.6 is 11.3 Å². The van der Waals surface area contributed by atoms with Crippen LogP contribution in [0.5, 0.6) is 0 Å². The topological polar surface area (TPSA) is 37.4 Å². The molecule has 102 valence electrons. The van der Waals surface area contributed by atoms with Gasteiger partial charge in [-0.15, -0.1) is 11.3 Å². The lowest BCUT2D eigenvalue weighted by molar-refractivity contribution is 0.593. The van der Waals surface area contributed by atoms with Crippen molar-refractivity contribution in [2.45, 2.75) is 25.0 Å². The normalized spacial score (nSPS) is 11.5. The molecule has 1 aromatic heterocycles. The molecule has 0 unspecified atom stereocenters. The van der Waals surface area contributed by atoms with E-state index in [1.54, 1.807) is 17.5 Å². The Morgan fingerprint density at radius 3 is 2.21 bits per heavy atom. The molecule has 2 rings (SSSR count). The van der Waals surface area contributed by atoms with Gasteiger partial charge in [-0.1, -0.05) is 24.3 Å². The Hall–Kier alpha value is -1.33. The van der Waals surface area contributed by atoms with Gasteiger partial charge < -0.3 is 0 Å². The SMILES string of the molecule is CCN(c1c(C)cccc1C)S(=O)(=O)c1cccs1.